The van der Waals surface area contributed by atoms with Crippen LogP contribution >= 0.6 is 0 Å². The number of nitriles is 1. The highest BCUT2D eigenvalue weighted by molar-refractivity contribution is 5.91. The molecular weight excluding hydrogens is 574 g/mol. The molecule has 9 heteroatoms. The van der Waals surface area contributed by atoms with Crippen LogP contribution < -0.4 is 5.32 Å². The van der Waals surface area contributed by atoms with Gasteiger partial charge in [-0.3, -0.25) is 4.98 Å². The molecule has 2 fully saturated rings. The highest BCUT2D eigenvalue weighted by Crippen LogP contribution is 2.38. The van der Waals surface area contributed by atoms with E-state index in [0.717, 1.165) is 66.5 Å². The molecule has 238 valence electrons. The second kappa shape index (κ2) is 13.7. The minimum absolute atomic E-state index is 0.0101. The number of likely N-dealkylation sites (N-methyl/N-ethyl adjacent to an activating group) is 1. The molecule has 2 unspecified atom stereocenters. The van der Waals surface area contributed by atoms with Crippen LogP contribution in [0.3, 0.4) is 0 Å². The van der Waals surface area contributed by atoms with Crippen LogP contribution in [-0.2, 0) is 12.8 Å². The number of H-pyrrole nitrogens is 1. The zero-order valence-corrected chi connectivity index (χ0v) is 27.0. The van der Waals surface area contributed by atoms with E-state index in [9.17, 15) is 15.2 Å². The SMILES string of the molecule is CCN(C(=O)O)C(Cc1ccc2[nH]c(-c3cc(C)cc(C)c3)c(CCNC(=NC#N)N3CCC(c4ccncc4)C3)c2c1)C1CC1. The zero-order chi connectivity index (χ0) is 32.2. The first-order valence-electron chi connectivity index (χ1n) is 16.4. The number of aromatic nitrogens is 2. The largest absolute Gasteiger partial charge is 0.465 e. The van der Waals surface area contributed by atoms with Crippen LogP contribution in [0.25, 0.3) is 22.2 Å². The molecule has 1 aliphatic heterocycles. The topological polar surface area (TPSA) is 121 Å². The first-order valence-corrected chi connectivity index (χ1v) is 16.4. The zero-order valence-electron chi connectivity index (χ0n) is 27.0. The van der Waals surface area contributed by atoms with Gasteiger partial charge >= 0.3 is 6.09 Å². The predicted octanol–water partition coefficient (Wildman–Crippen LogP) is 6.63. The fraction of sp³-hybridized carbons (Fsp3) is 0.405. The van der Waals surface area contributed by atoms with E-state index in [-0.39, 0.29) is 6.04 Å². The number of carboxylic acid groups (broad SMARTS) is 1. The number of hydrogen-bond acceptors (Lipinski definition) is 4. The van der Waals surface area contributed by atoms with Crippen molar-refractivity contribution in [3.05, 3.63) is 88.7 Å². The van der Waals surface area contributed by atoms with Crippen LogP contribution in [0.4, 0.5) is 4.79 Å². The Kier molecular flexibility index (Phi) is 9.25. The number of amides is 1. The Balaban J connectivity index is 1.27. The lowest BCUT2D eigenvalue weighted by molar-refractivity contribution is 0.120. The fourth-order valence-corrected chi connectivity index (χ4v) is 7.24. The van der Waals surface area contributed by atoms with Crippen molar-refractivity contribution in [2.24, 2.45) is 10.9 Å². The minimum Gasteiger partial charge on any atom is -0.465 e. The second-order valence-electron chi connectivity index (χ2n) is 12.8. The first kappa shape index (κ1) is 31.2. The van der Waals surface area contributed by atoms with Crippen molar-refractivity contribution >= 4 is 23.0 Å². The molecule has 2 aromatic heterocycles. The third-order valence-electron chi connectivity index (χ3n) is 9.56. The number of aryl methyl sites for hydroxylation is 2. The quantitative estimate of drug-likeness (QED) is 0.104. The molecule has 4 aromatic rings. The number of aromatic amines is 1. The van der Waals surface area contributed by atoms with Gasteiger partial charge in [0.15, 0.2) is 0 Å². The lowest BCUT2D eigenvalue weighted by Crippen LogP contribution is -2.42. The monoisotopic (exact) mass is 617 g/mol. The summed E-state index contributed by atoms with van der Waals surface area (Å²) in [6.45, 7) is 8.90. The van der Waals surface area contributed by atoms with E-state index in [1.807, 2.05) is 25.5 Å². The molecule has 1 saturated carbocycles. The highest BCUT2D eigenvalue weighted by Gasteiger charge is 2.37. The van der Waals surface area contributed by atoms with Crippen LogP contribution in [0.2, 0.25) is 0 Å². The first-order chi connectivity index (χ1) is 22.3. The normalized spacial score (nSPS) is 17.2. The maximum Gasteiger partial charge on any atom is 0.407 e. The molecule has 3 heterocycles. The maximum atomic E-state index is 12.1. The molecule has 2 aromatic carbocycles. The molecule has 0 radical (unpaired) electrons. The molecule has 0 bridgehead atoms. The molecule has 6 rings (SSSR count). The van der Waals surface area contributed by atoms with Crippen molar-refractivity contribution < 1.29 is 9.90 Å². The number of hydrogen-bond donors (Lipinski definition) is 3. The van der Waals surface area contributed by atoms with Crippen LogP contribution in [0, 0.1) is 31.2 Å². The van der Waals surface area contributed by atoms with Gasteiger partial charge in [-0.15, -0.1) is 4.99 Å². The Hall–Kier alpha value is -4.84. The number of carbonyl (C=O) groups is 1. The number of benzene rings is 2. The lowest BCUT2D eigenvalue weighted by atomic mass is 9.96. The molecule has 9 nitrogen and oxygen atoms in total. The summed E-state index contributed by atoms with van der Waals surface area (Å²) in [4.78, 5) is 27.9. The third-order valence-corrected chi connectivity index (χ3v) is 9.56. The number of rotatable bonds is 10. The minimum atomic E-state index is -0.842. The molecule has 0 spiro atoms. The van der Waals surface area contributed by atoms with Gasteiger partial charge in [0.25, 0.3) is 0 Å². The van der Waals surface area contributed by atoms with Crippen LogP contribution in [-0.4, -0.2) is 69.1 Å². The van der Waals surface area contributed by atoms with Crippen molar-refractivity contribution in [1.82, 2.24) is 25.1 Å². The van der Waals surface area contributed by atoms with E-state index in [0.29, 0.717) is 37.3 Å². The molecule has 1 amide bonds. The summed E-state index contributed by atoms with van der Waals surface area (Å²) in [6, 6.07) is 17.3. The number of likely N-dealkylation sites (tertiary alicyclic amines) is 1. The van der Waals surface area contributed by atoms with Gasteiger partial charge in [0.1, 0.15) is 0 Å². The number of fused-ring (bicyclic) bond motifs is 1. The van der Waals surface area contributed by atoms with Gasteiger partial charge in [-0.1, -0.05) is 23.3 Å². The molecular formula is C37H43N7O2. The Morgan fingerprint density at radius 2 is 1.91 bits per heavy atom. The summed E-state index contributed by atoms with van der Waals surface area (Å²) in [6.07, 6.45) is 9.42. The maximum absolute atomic E-state index is 12.1. The summed E-state index contributed by atoms with van der Waals surface area (Å²) in [5, 5.41) is 24.1. The van der Waals surface area contributed by atoms with Gasteiger partial charge < -0.3 is 25.2 Å². The van der Waals surface area contributed by atoms with Crippen molar-refractivity contribution in [3.8, 4) is 17.5 Å². The summed E-state index contributed by atoms with van der Waals surface area (Å²) in [5.74, 6) is 1.42. The molecule has 1 aliphatic carbocycles. The average Bonchev–Trinajstić information content (AvgIpc) is 3.65. The fourth-order valence-electron chi connectivity index (χ4n) is 7.24. The van der Waals surface area contributed by atoms with Gasteiger partial charge in [-0.2, -0.15) is 5.26 Å². The molecule has 2 atom stereocenters. The number of guanidine groups is 1. The number of nitrogens with one attached hydrogen (secondary N) is 2. The second-order valence-corrected chi connectivity index (χ2v) is 12.8. The molecule has 1 saturated heterocycles. The number of nitrogens with zero attached hydrogens (tertiary/aromatic N) is 5. The Labute approximate surface area is 271 Å². The highest BCUT2D eigenvalue weighted by atomic mass is 16.4. The van der Waals surface area contributed by atoms with Crippen molar-refractivity contribution in [3.63, 3.8) is 0 Å². The standard InChI is InChI=1S/C37H43N7O2/c1-4-44(37(45)46)34(28-6-7-28)21-26-5-8-33-32(20-26)31(35(42-33)30-18-24(2)17-25(3)19-30)11-15-40-36(41-23-38)43-16-12-29(22-43)27-9-13-39-14-10-27/h5,8-10,13-14,17-20,28-29,34,42H,4,6-7,11-12,15-16,21-22H2,1-3H3,(H,40,41)(H,45,46). The van der Waals surface area contributed by atoms with Crippen LogP contribution in [0.5, 0.6) is 0 Å². The van der Waals surface area contributed by atoms with Gasteiger partial charge in [-0.25, -0.2) is 4.79 Å². The molecule has 3 N–H and O–H groups in total. The summed E-state index contributed by atoms with van der Waals surface area (Å²) >= 11 is 0. The van der Waals surface area contributed by atoms with Crippen molar-refractivity contribution in [2.75, 3.05) is 26.2 Å². The van der Waals surface area contributed by atoms with Crippen LogP contribution in [0.1, 0.15) is 59.9 Å². The molecule has 46 heavy (non-hydrogen) atoms. The Morgan fingerprint density at radius 1 is 1.15 bits per heavy atom. The van der Waals surface area contributed by atoms with E-state index < -0.39 is 6.09 Å². The van der Waals surface area contributed by atoms with Crippen LogP contribution in [0.15, 0.2) is 65.9 Å². The van der Waals surface area contributed by atoms with Gasteiger partial charge in [0.2, 0.25) is 12.2 Å². The van der Waals surface area contributed by atoms with Gasteiger partial charge in [0.05, 0.1) is 0 Å². The average molecular weight is 618 g/mol. The number of aliphatic imine (C=N–C) groups is 1. The van der Waals surface area contributed by atoms with Gasteiger partial charge in [0, 0.05) is 67.1 Å². The Morgan fingerprint density at radius 3 is 2.59 bits per heavy atom. The third kappa shape index (κ3) is 6.86. The van der Waals surface area contributed by atoms with E-state index in [2.05, 4.69) is 87.6 Å². The van der Waals surface area contributed by atoms with E-state index in [1.54, 1.807) is 4.90 Å². The Bertz CT molecular complexity index is 1750. The number of pyridine rings is 1. The van der Waals surface area contributed by atoms with E-state index >= 15 is 0 Å². The smallest absolute Gasteiger partial charge is 0.407 e. The van der Waals surface area contributed by atoms with Gasteiger partial charge in [-0.05, 0) is 117 Å². The van der Waals surface area contributed by atoms with Crippen molar-refractivity contribution in [2.45, 2.75) is 64.8 Å². The lowest BCUT2D eigenvalue weighted by Gasteiger charge is -2.28. The van der Waals surface area contributed by atoms with E-state index in [1.165, 1.54) is 22.3 Å². The summed E-state index contributed by atoms with van der Waals surface area (Å²) in [7, 11) is 0. The summed E-state index contributed by atoms with van der Waals surface area (Å²) < 4.78 is 0. The predicted molar refractivity (Wildman–Crippen MR) is 182 cm³/mol. The molecule has 2 aliphatic rings. The van der Waals surface area contributed by atoms with Crippen molar-refractivity contribution in [1.29, 1.82) is 5.26 Å². The summed E-state index contributed by atoms with van der Waals surface area (Å²) in [5.41, 5.74) is 9.33. The van der Waals surface area contributed by atoms with E-state index in [4.69, 9.17) is 0 Å².